The van der Waals surface area contributed by atoms with E-state index in [9.17, 15) is 0 Å². The summed E-state index contributed by atoms with van der Waals surface area (Å²) in [6, 6.07) is 8.25. The van der Waals surface area contributed by atoms with Crippen molar-refractivity contribution in [2.24, 2.45) is 0 Å². The number of halogens is 1. The predicted molar refractivity (Wildman–Crippen MR) is 75.1 cm³/mol. The third-order valence-electron chi connectivity index (χ3n) is 2.66. The van der Waals surface area contributed by atoms with E-state index in [2.05, 4.69) is 32.9 Å². The minimum absolute atomic E-state index is 0.221. The molecule has 1 unspecified atom stereocenters. The number of ether oxygens (including phenoxy) is 1. The van der Waals surface area contributed by atoms with Crippen molar-refractivity contribution >= 4 is 11.6 Å². The van der Waals surface area contributed by atoms with E-state index in [1.165, 1.54) is 5.56 Å². The van der Waals surface area contributed by atoms with E-state index in [-0.39, 0.29) is 11.5 Å². The molecular formula is C15H23ClO. The van der Waals surface area contributed by atoms with Crippen LogP contribution in [0.2, 0.25) is 0 Å². The van der Waals surface area contributed by atoms with Crippen molar-refractivity contribution in [1.29, 1.82) is 0 Å². The maximum Gasteiger partial charge on any atom is 0.122 e. The van der Waals surface area contributed by atoms with Crippen molar-refractivity contribution < 1.29 is 4.74 Å². The van der Waals surface area contributed by atoms with Crippen LogP contribution in [-0.4, -0.2) is 11.5 Å². The van der Waals surface area contributed by atoms with Gasteiger partial charge in [0.25, 0.3) is 0 Å². The molecule has 1 nitrogen and oxygen atoms in total. The maximum atomic E-state index is 6.25. The lowest BCUT2D eigenvalue weighted by Gasteiger charge is -2.15. The van der Waals surface area contributed by atoms with Gasteiger partial charge in [-0.3, -0.25) is 0 Å². The van der Waals surface area contributed by atoms with Crippen molar-refractivity contribution in [3.05, 3.63) is 29.8 Å². The van der Waals surface area contributed by atoms with Crippen LogP contribution in [0.3, 0.4) is 0 Å². The molecule has 1 rings (SSSR count). The normalized spacial score (nSPS) is 12.8. The third-order valence-corrected chi connectivity index (χ3v) is 3.10. The summed E-state index contributed by atoms with van der Waals surface area (Å²) in [6.45, 7) is 6.28. The van der Waals surface area contributed by atoms with Crippen LogP contribution in [0, 0.1) is 0 Å². The molecule has 1 aromatic rings. The van der Waals surface area contributed by atoms with E-state index in [0.29, 0.717) is 0 Å². The fraction of sp³-hybridized carbons (Fsp3) is 0.600. The van der Waals surface area contributed by atoms with E-state index >= 15 is 0 Å². The highest BCUT2D eigenvalue weighted by Gasteiger charge is 2.08. The summed E-state index contributed by atoms with van der Waals surface area (Å²) in [4.78, 5) is 0. The molecule has 0 aromatic heterocycles. The molecule has 0 amide bonds. The number of alkyl halides is 1. The summed E-state index contributed by atoms with van der Waals surface area (Å²) in [6.07, 6.45) is 4.48. The molecule has 2 heteroatoms. The lowest BCUT2D eigenvalue weighted by atomic mass is 10.0. The Balaban J connectivity index is 2.57. The largest absolute Gasteiger partial charge is 0.491 e. The Labute approximate surface area is 110 Å². The fourth-order valence-electron chi connectivity index (χ4n) is 1.85. The first-order valence-corrected chi connectivity index (χ1v) is 6.95. The van der Waals surface area contributed by atoms with Crippen molar-refractivity contribution in [1.82, 2.24) is 0 Å². The molecule has 0 bridgehead atoms. The Bertz CT molecular complexity index is 322. The quantitative estimate of drug-likeness (QED) is 0.635. The molecular weight excluding hydrogens is 232 g/mol. The number of para-hydroxylation sites is 1. The zero-order valence-corrected chi connectivity index (χ0v) is 11.8. The van der Waals surface area contributed by atoms with Crippen LogP contribution >= 0.6 is 11.6 Å². The van der Waals surface area contributed by atoms with Crippen molar-refractivity contribution in [3.63, 3.8) is 0 Å². The molecule has 0 radical (unpaired) electrons. The lowest BCUT2D eigenvalue weighted by molar-refractivity contribution is 0.240. The van der Waals surface area contributed by atoms with Gasteiger partial charge in [0.15, 0.2) is 0 Å². The number of benzene rings is 1. The number of rotatable bonds is 7. The van der Waals surface area contributed by atoms with Crippen LogP contribution in [0.4, 0.5) is 0 Å². The summed E-state index contributed by atoms with van der Waals surface area (Å²) in [7, 11) is 0. The van der Waals surface area contributed by atoms with Gasteiger partial charge in [-0.15, -0.1) is 11.6 Å². The number of aryl methyl sites for hydroxylation is 1. The summed E-state index contributed by atoms with van der Waals surface area (Å²) < 4.78 is 5.79. The van der Waals surface area contributed by atoms with Crippen molar-refractivity contribution in [2.45, 2.75) is 57.9 Å². The molecule has 0 heterocycles. The summed E-state index contributed by atoms with van der Waals surface area (Å²) in [5.41, 5.74) is 1.27. The third kappa shape index (κ3) is 5.45. The average molecular weight is 255 g/mol. The zero-order valence-electron chi connectivity index (χ0n) is 11.1. The summed E-state index contributed by atoms with van der Waals surface area (Å²) in [5.74, 6) is 1.00. The van der Waals surface area contributed by atoms with Gasteiger partial charge in [0.05, 0.1) is 6.10 Å². The van der Waals surface area contributed by atoms with Crippen LogP contribution < -0.4 is 4.74 Å². The van der Waals surface area contributed by atoms with Crippen LogP contribution in [0.15, 0.2) is 24.3 Å². The molecule has 0 saturated carbocycles. The Hall–Kier alpha value is -0.690. The number of hydrogen-bond acceptors (Lipinski definition) is 1. The minimum Gasteiger partial charge on any atom is -0.491 e. The number of hydrogen-bond donors (Lipinski definition) is 0. The monoisotopic (exact) mass is 254 g/mol. The SMILES string of the molecule is CCCC(Cl)CCc1ccccc1OC(C)C. The standard InChI is InChI=1S/C15H23ClO/c1-4-7-14(16)11-10-13-8-5-6-9-15(13)17-12(2)3/h5-6,8-9,12,14H,4,7,10-11H2,1-3H3. The second kappa shape index (κ2) is 7.60. The van der Waals surface area contributed by atoms with Crippen LogP contribution in [0.5, 0.6) is 5.75 Å². The molecule has 0 N–H and O–H groups in total. The first kappa shape index (κ1) is 14.4. The maximum absolute atomic E-state index is 6.25. The molecule has 17 heavy (non-hydrogen) atoms. The Morgan fingerprint density at radius 1 is 1.18 bits per heavy atom. The van der Waals surface area contributed by atoms with Crippen LogP contribution in [0.25, 0.3) is 0 Å². The first-order chi connectivity index (χ1) is 8.13. The van der Waals surface area contributed by atoms with Gasteiger partial charge in [-0.05, 0) is 44.7 Å². The van der Waals surface area contributed by atoms with Gasteiger partial charge in [0.2, 0.25) is 0 Å². The molecule has 0 aliphatic heterocycles. The first-order valence-electron chi connectivity index (χ1n) is 6.52. The molecule has 0 fully saturated rings. The van der Waals surface area contributed by atoms with Gasteiger partial charge in [-0.25, -0.2) is 0 Å². The molecule has 0 spiro atoms. The second-order valence-electron chi connectivity index (χ2n) is 4.70. The zero-order chi connectivity index (χ0) is 12.7. The fourth-order valence-corrected chi connectivity index (χ4v) is 2.18. The van der Waals surface area contributed by atoms with E-state index in [0.717, 1.165) is 31.4 Å². The Morgan fingerprint density at radius 3 is 2.53 bits per heavy atom. The van der Waals surface area contributed by atoms with Crippen molar-refractivity contribution in [3.8, 4) is 5.75 Å². The summed E-state index contributed by atoms with van der Waals surface area (Å²) >= 11 is 6.25. The van der Waals surface area contributed by atoms with Crippen LogP contribution in [-0.2, 0) is 6.42 Å². The predicted octanol–water partition coefficient (Wildman–Crippen LogP) is 4.81. The summed E-state index contributed by atoms with van der Waals surface area (Å²) in [5, 5.41) is 0.284. The molecule has 0 saturated heterocycles. The van der Waals surface area contributed by atoms with E-state index in [1.807, 2.05) is 12.1 Å². The van der Waals surface area contributed by atoms with Gasteiger partial charge in [0, 0.05) is 5.38 Å². The molecule has 96 valence electrons. The van der Waals surface area contributed by atoms with Gasteiger partial charge >= 0.3 is 0 Å². The smallest absolute Gasteiger partial charge is 0.122 e. The lowest BCUT2D eigenvalue weighted by Crippen LogP contribution is -2.08. The molecule has 0 aliphatic rings. The molecule has 1 atom stereocenters. The van der Waals surface area contributed by atoms with Crippen molar-refractivity contribution in [2.75, 3.05) is 0 Å². The molecule has 0 aliphatic carbocycles. The average Bonchev–Trinajstić information content (AvgIpc) is 2.27. The highest BCUT2D eigenvalue weighted by Crippen LogP contribution is 2.23. The second-order valence-corrected chi connectivity index (χ2v) is 5.32. The minimum atomic E-state index is 0.221. The Morgan fingerprint density at radius 2 is 1.88 bits per heavy atom. The van der Waals surface area contributed by atoms with Gasteiger partial charge in [-0.2, -0.15) is 0 Å². The molecule has 1 aromatic carbocycles. The van der Waals surface area contributed by atoms with E-state index in [4.69, 9.17) is 16.3 Å². The van der Waals surface area contributed by atoms with E-state index in [1.54, 1.807) is 0 Å². The van der Waals surface area contributed by atoms with E-state index < -0.39 is 0 Å². The van der Waals surface area contributed by atoms with Gasteiger partial charge in [0.1, 0.15) is 5.75 Å². The topological polar surface area (TPSA) is 9.23 Å². The highest BCUT2D eigenvalue weighted by atomic mass is 35.5. The van der Waals surface area contributed by atoms with Crippen LogP contribution in [0.1, 0.15) is 45.6 Å². The highest BCUT2D eigenvalue weighted by molar-refractivity contribution is 6.20. The van der Waals surface area contributed by atoms with Gasteiger partial charge in [-0.1, -0.05) is 31.5 Å². The Kier molecular flexibility index (Phi) is 6.43. The van der Waals surface area contributed by atoms with Gasteiger partial charge < -0.3 is 4.74 Å².